The van der Waals surface area contributed by atoms with E-state index in [0.29, 0.717) is 6.61 Å². The monoisotopic (exact) mass is 366 g/mol. The number of hydrogen-bond donors (Lipinski definition) is 0. The Kier molecular flexibility index (Phi) is 10.2. The van der Waals surface area contributed by atoms with Crippen LogP contribution in [0, 0.1) is 0 Å². The van der Waals surface area contributed by atoms with Gasteiger partial charge in [0.25, 0.3) is 0 Å². The van der Waals surface area contributed by atoms with Gasteiger partial charge >= 0.3 is 0 Å². The van der Waals surface area contributed by atoms with Crippen molar-refractivity contribution in [1.82, 2.24) is 9.97 Å². The third-order valence-electron chi connectivity index (χ3n) is 4.59. The van der Waals surface area contributed by atoms with Crippen LogP contribution in [0.5, 0.6) is 5.75 Å². The maximum atomic E-state index is 5.75. The Morgan fingerprint density at radius 3 is 2.26 bits per heavy atom. The first kappa shape index (κ1) is 21.1. The van der Waals surface area contributed by atoms with Crippen molar-refractivity contribution in [2.75, 3.05) is 6.61 Å². The molecule has 0 spiro atoms. The van der Waals surface area contributed by atoms with E-state index in [1.54, 1.807) is 0 Å². The van der Waals surface area contributed by atoms with E-state index in [-0.39, 0.29) is 0 Å². The lowest BCUT2D eigenvalue weighted by Gasteiger charge is -2.06. The van der Waals surface area contributed by atoms with Gasteiger partial charge in [-0.15, -0.1) is 0 Å². The molecule has 0 saturated heterocycles. The maximum absolute atomic E-state index is 5.75. The van der Waals surface area contributed by atoms with Gasteiger partial charge in [-0.3, -0.25) is 0 Å². The molecule has 3 heteroatoms. The molecular formula is C24H34N2O. The third kappa shape index (κ3) is 8.38. The van der Waals surface area contributed by atoms with E-state index >= 15 is 0 Å². The highest BCUT2D eigenvalue weighted by Crippen LogP contribution is 2.19. The van der Waals surface area contributed by atoms with E-state index < -0.39 is 0 Å². The first-order valence-corrected chi connectivity index (χ1v) is 10.5. The van der Waals surface area contributed by atoms with Crippen molar-refractivity contribution < 1.29 is 4.74 Å². The van der Waals surface area contributed by atoms with Gasteiger partial charge in [0.15, 0.2) is 5.82 Å². The molecule has 0 aliphatic heterocycles. The molecule has 0 amide bonds. The van der Waals surface area contributed by atoms with Crippen LogP contribution < -0.4 is 4.74 Å². The van der Waals surface area contributed by atoms with Crippen molar-refractivity contribution in [2.24, 2.45) is 0 Å². The maximum Gasteiger partial charge on any atom is 0.159 e. The highest BCUT2D eigenvalue weighted by molar-refractivity contribution is 5.55. The van der Waals surface area contributed by atoms with Crippen molar-refractivity contribution in [2.45, 2.75) is 71.6 Å². The molecule has 146 valence electrons. The summed E-state index contributed by atoms with van der Waals surface area (Å²) in [5.74, 6) is 1.67. The second-order valence-electron chi connectivity index (χ2n) is 6.97. The Morgan fingerprint density at radius 1 is 0.852 bits per heavy atom. The van der Waals surface area contributed by atoms with E-state index in [4.69, 9.17) is 4.74 Å². The molecule has 0 saturated carbocycles. The van der Waals surface area contributed by atoms with Crippen LogP contribution >= 0.6 is 0 Å². The number of aromatic nitrogens is 2. The Bertz CT molecular complexity index is 647. The van der Waals surface area contributed by atoms with E-state index in [0.717, 1.165) is 36.4 Å². The molecule has 0 aliphatic carbocycles. The predicted octanol–water partition coefficient (Wildman–Crippen LogP) is 6.78. The summed E-state index contributed by atoms with van der Waals surface area (Å²) in [6.45, 7) is 5.10. The molecule has 1 aromatic carbocycles. The lowest BCUT2D eigenvalue weighted by molar-refractivity contribution is 0.325. The van der Waals surface area contributed by atoms with Gasteiger partial charge in [-0.25, -0.2) is 9.97 Å². The number of unbranched alkanes of at least 4 members (excludes halogenated alkanes) is 5. The zero-order valence-electron chi connectivity index (χ0n) is 17.0. The van der Waals surface area contributed by atoms with Crippen LogP contribution in [-0.4, -0.2) is 16.6 Å². The van der Waals surface area contributed by atoms with Crippen molar-refractivity contribution in [3.8, 4) is 17.1 Å². The molecule has 1 heterocycles. The van der Waals surface area contributed by atoms with E-state index in [1.807, 2.05) is 36.7 Å². The molecule has 0 radical (unpaired) electrons. The lowest BCUT2D eigenvalue weighted by atomic mass is 10.1. The van der Waals surface area contributed by atoms with Gasteiger partial charge in [0.2, 0.25) is 0 Å². The Hall–Kier alpha value is -2.16. The fourth-order valence-corrected chi connectivity index (χ4v) is 2.97. The molecule has 27 heavy (non-hydrogen) atoms. The van der Waals surface area contributed by atoms with Gasteiger partial charge in [-0.05, 0) is 55.5 Å². The number of benzene rings is 1. The summed E-state index contributed by atoms with van der Waals surface area (Å²) in [7, 11) is 0. The summed E-state index contributed by atoms with van der Waals surface area (Å²) >= 11 is 0. The minimum absolute atomic E-state index is 0.708. The second kappa shape index (κ2) is 13.1. The van der Waals surface area contributed by atoms with Gasteiger partial charge < -0.3 is 4.74 Å². The van der Waals surface area contributed by atoms with Crippen LogP contribution in [0.1, 0.15) is 70.8 Å². The Morgan fingerprint density at radius 2 is 1.56 bits per heavy atom. The molecule has 0 N–H and O–H groups in total. The minimum Gasteiger partial charge on any atom is -0.493 e. The first-order chi connectivity index (χ1) is 13.3. The summed E-state index contributed by atoms with van der Waals surface area (Å²) < 4.78 is 5.75. The average Bonchev–Trinajstić information content (AvgIpc) is 2.71. The number of rotatable bonds is 13. The normalized spacial score (nSPS) is 11.2. The van der Waals surface area contributed by atoms with Gasteiger partial charge in [0, 0.05) is 18.0 Å². The molecule has 2 aromatic rings. The first-order valence-electron chi connectivity index (χ1n) is 10.5. The number of ether oxygens (including phenoxy) is 1. The standard InChI is InChI=1S/C24H34N2O/c1-3-5-7-9-10-11-13-21-19-25-24(26-20-21)22-14-16-23(17-15-22)27-18-12-8-6-4-2/h6,8,14-17,19-20H,3-5,7,9-13,18H2,1-2H3/b8-6-. The summed E-state index contributed by atoms with van der Waals surface area (Å²) in [5.41, 5.74) is 2.26. The van der Waals surface area contributed by atoms with Gasteiger partial charge in [-0.2, -0.15) is 0 Å². The third-order valence-corrected chi connectivity index (χ3v) is 4.59. The topological polar surface area (TPSA) is 35.0 Å². The summed E-state index contributed by atoms with van der Waals surface area (Å²) in [6.07, 6.45) is 19.3. The number of aryl methyl sites for hydroxylation is 1. The van der Waals surface area contributed by atoms with Gasteiger partial charge in [0.05, 0.1) is 6.61 Å². The van der Waals surface area contributed by atoms with Crippen LogP contribution in [0.2, 0.25) is 0 Å². The highest BCUT2D eigenvalue weighted by atomic mass is 16.5. The molecule has 0 bridgehead atoms. The summed E-state index contributed by atoms with van der Waals surface area (Å²) in [5, 5.41) is 0. The Labute approximate surface area is 164 Å². The predicted molar refractivity (Wildman–Crippen MR) is 114 cm³/mol. The van der Waals surface area contributed by atoms with Crippen LogP contribution in [-0.2, 0) is 6.42 Å². The van der Waals surface area contributed by atoms with Crippen molar-refractivity contribution in [3.05, 3.63) is 54.4 Å². The number of allylic oxidation sites excluding steroid dienone is 1. The SMILES string of the molecule is CC/C=C\CCOc1ccc(-c2ncc(CCCCCCCC)cn2)cc1. The van der Waals surface area contributed by atoms with E-state index in [2.05, 4.69) is 36.0 Å². The minimum atomic E-state index is 0.708. The molecule has 3 nitrogen and oxygen atoms in total. The summed E-state index contributed by atoms with van der Waals surface area (Å²) in [6, 6.07) is 8.04. The second-order valence-corrected chi connectivity index (χ2v) is 6.97. The molecule has 0 unspecified atom stereocenters. The smallest absolute Gasteiger partial charge is 0.159 e. The van der Waals surface area contributed by atoms with Crippen molar-refractivity contribution in [1.29, 1.82) is 0 Å². The molecule has 0 atom stereocenters. The highest BCUT2D eigenvalue weighted by Gasteiger charge is 2.03. The van der Waals surface area contributed by atoms with Gasteiger partial charge in [-0.1, -0.05) is 58.1 Å². The molecular weight excluding hydrogens is 332 g/mol. The van der Waals surface area contributed by atoms with Crippen LogP contribution in [0.25, 0.3) is 11.4 Å². The quantitative estimate of drug-likeness (QED) is 0.289. The molecule has 2 rings (SSSR count). The number of nitrogens with zero attached hydrogens (tertiary/aromatic N) is 2. The van der Waals surface area contributed by atoms with Crippen LogP contribution in [0.3, 0.4) is 0 Å². The lowest BCUT2D eigenvalue weighted by Crippen LogP contribution is -1.96. The molecule has 0 aliphatic rings. The van der Waals surface area contributed by atoms with Crippen molar-refractivity contribution in [3.63, 3.8) is 0 Å². The van der Waals surface area contributed by atoms with Crippen LogP contribution in [0.15, 0.2) is 48.8 Å². The molecule has 0 fully saturated rings. The Balaban J connectivity index is 1.76. The van der Waals surface area contributed by atoms with Crippen LogP contribution in [0.4, 0.5) is 0 Å². The average molecular weight is 367 g/mol. The van der Waals surface area contributed by atoms with Crippen molar-refractivity contribution >= 4 is 0 Å². The molecule has 1 aromatic heterocycles. The fraction of sp³-hybridized carbons (Fsp3) is 0.500. The summed E-state index contributed by atoms with van der Waals surface area (Å²) in [4.78, 5) is 9.08. The fourth-order valence-electron chi connectivity index (χ4n) is 2.97. The van der Waals surface area contributed by atoms with E-state index in [9.17, 15) is 0 Å². The van der Waals surface area contributed by atoms with E-state index in [1.165, 1.54) is 44.1 Å². The number of hydrogen-bond acceptors (Lipinski definition) is 3. The largest absolute Gasteiger partial charge is 0.493 e. The zero-order chi connectivity index (χ0) is 19.2. The zero-order valence-corrected chi connectivity index (χ0v) is 17.0. The van der Waals surface area contributed by atoms with Gasteiger partial charge in [0.1, 0.15) is 5.75 Å².